The smallest absolute Gasteiger partial charge is 0.309 e. The van der Waals surface area contributed by atoms with Gasteiger partial charge < -0.3 is 47.2 Å². The maximum atomic E-state index is 13.9. The summed E-state index contributed by atoms with van der Waals surface area (Å²) >= 11 is 0. The van der Waals surface area contributed by atoms with Gasteiger partial charge in [0.2, 0.25) is 30.0 Å². The van der Waals surface area contributed by atoms with Gasteiger partial charge in [-0.2, -0.15) is 0 Å². The molecule has 0 spiro atoms. The SMILES string of the molecule is COC(CC1OC(=O)CC(OC(C)=O)CC(NC(C)=O)CC(=O)C(C)C(OC)c2coc(n2)-c2coc(n2)-c2coc(n2)/C=C/CCC1C)C(C)CCC(=O)C(C)C(C/C=C/N(C)C=O)OC. The lowest BCUT2D eigenvalue weighted by molar-refractivity contribution is -0.160. The van der Waals surface area contributed by atoms with E-state index < -0.39 is 60.1 Å². The molecule has 368 valence electrons. The van der Waals surface area contributed by atoms with Crippen LogP contribution in [0.2, 0.25) is 0 Å². The Morgan fingerprint density at radius 3 is 2.30 bits per heavy atom. The van der Waals surface area contributed by atoms with E-state index in [1.165, 1.54) is 44.6 Å². The number of oxazole rings is 3. The summed E-state index contributed by atoms with van der Waals surface area (Å²) in [7, 11) is 6.18. The Bertz CT molecular complexity index is 2140. The summed E-state index contributed by atoms with van der Waals surface area (Å²) < 4.78 is 46.2. The van der Waals surface area contributed by atoms with Crippen LogP contribution in [0.4, 0.5) is 0 Å². The van der Waals surface area contributed by atoms with Crippen molar-refractivity contribution in [1.82, 2.24) is 25.2 Å². The Labute approximate surface area is 391 Å². The average Bonchev–Trinajstić information content (AvgIpc) is 4.08. The first-order chi connectivity index (χ1) is 32.0. The summed E-state index contributed by atoms with van der Waals surface area (Å²) in [4.78, 5) is 91.9. The van der Waals surface area contributed by atoms with Crippen LogP contribution in [0, 0.1) is 23.7 Å². The molecule has 0 saturated heterocycles. The monoisotopic (exact) mass is 937 g/mol. The van der Waals surface area contributed by atoms with Gasteiger partial charge in [-0.1, -0.05) is 39.8 Å². The van der Waals surface area contributed by atoms with Crippen LogP contribution >= 0.6 is 0 Å². The van der Waals surface area contributed by atoms with Crippen molar-refractivity contribution in [2.75, 3.05) is 28.4 Å². The van der Waals surface area contributed by atoms with Gasteiger partial charge in [0.25, 0.3) is 0 Å². The molecule has 0 aromatic carbocycles. The number of esters is 2. The summed E-state index contributed by atoms with van der Waals surface area (Å²) in [6.45, 7) is 9.95. The Kier molecular flexibility index (Phi) is 21.3. The zero-order chi connectivity index (χ0) is 49.2. The Morgan fingerprint density at radius 2 is 1.63 bits per heavy atom. The van der Waals surface area contributed by atoms with Crippen molar-refractivity contribution in [2.45, 2.75) is 136 Å². The van der Waals surface area contributed by atoms with Gasteiger partial charge in [-0.3, -0.25) is 28.8 Å². The van der Waals surface area contributed by atoms with E-state index in [9.17, 15) is 28.8 Å². The number of fused-ring (bicyclic) bond motifs is 8. The highest BCUT2D eigenvalue weighted by Crippen LogP contribution is 2.32. The molecular weight excluding hydrogens is 871 g/mol. The van der Waals surface area contributed by atoms with Crippen molar-refractivity contribution in [3.8, 4) is 23.2 Å². The molecule has 1 N–H and O–H groups in total. The molecule has 67 heavy (non-hydrogen) atoms. The molecule has 4 heterocycles. The lowest BCUT2D eigenvalue weighted by Crippen LogP contribution is -2.41. The maximum Gasteiger partial charge on any atom is 0.309 e. The van der Waals surface area contributed by atoms with Crippen LogP contribution < -0.4 is 5.32 Å². The Balaban J connectivity index is 1.60. The summed E-state index contributed by atoms with van der Waals surface area (Å²) in [6, 6.07) is -0.833. The summed E-state index contributed by atoms with van der Waals surface area (Å²) in [5, 5.41) is 2.78. The van der Waals surface area contributed by atoms with Gasteiger partial charge in [0.15, 0.2) is 11.4 Å². The lowest BCUT2D eigenvalue weighted by atomic mass is 9.86. The highest BCUT2D eigenvalue weighted by atomic mass is 16.6. The van der Waals surface area contributed by atoms with Crippen molar-refractivity contribution >= 4 is 41.9 Å². The molecule has 1 aliphatic rings. The topological polar surface area (TPSA) is 242 Å². The molecular formula is C48H67N5O14. The number of rotatable bonds is 17. The van der Waals surface area contributed by atoms with Gasteiger partial charge >= 0.3 is 11.9 Å². The van der Waals surface area contributed by atoms with Crippen molar-refractivity contribution in [3.05, 3.63) is 48.7 Å². The third kappa shape index (κ3) is 16.5. The molecule has 3 aromatic rings. The number of hydrogen-bond donors (Lipinski definition) is 1. The molecule has 0 radical (unpaired) electrons. The van der Waals surface area contributed by atoms with E-state index in [0.29, 0.717) is 55.8 Å². The third-order valence-electron chi connectivity index (χ3n) is 12.1. The van der Waals surface area contributed by atoms with Gasteiger partial charge in [-0.15, -0.1) is 0 Å². The predicted molar refractivity (Wildman–Crippen MR) is 242 cm³/mol. The molecule has 3 aromatic heterocycles. The van der Waals surface area contributed by atoms with Crippen molar-refractivity contribution < 1.29 is 65.7 Å². The highest BCUT2D eigenvalue weighted by molar-refractivity contribution is 5.83. The molecule has 4 rings (SSSR count). The minimum atomic E-state index is -1.06. The first kappa shape index (κ1) is 53.8. The second-order valence-corrected chi connectivity index (χ2v) is 17.3. The number of cyclic esters (lactones) is 1. The predicted octanol–water partition coefficient (Wildman–Crippen LogP) is 6.87. The number of hydrogen-bond acceptors (Lipinski definition) is 17. The van der Waals surface area contributed by atoms with Crippen LogP contribution in [0.5, 0.6) is 0 Å². The fourth-order valence-electron chi connectivity index (χ4n) is 8.08. The quantitative estimate of drug-likeness (QED) is 0.107. The zero-order valence-electron chi connectivity index (χ0n) is 40.3. The standard InChI is InChI=1S/C48H67N5O14/c1-28-14-11-12-16-44-50-37(25-63-44)47-52-38(26-65-47)48-51-36(24-64-48)46(62-10)31(4)40(58)21-34(49-32(5)55)20-35(66-33(6)56)22-45(59)67-43(28)23-42(61-9)29(2)17-18-39(57)30(3)41(60-8)15-13-19-53(7)27-54/h12-13,16,19,24-31,34-35,41-43,46H,11,14-15,17-18,20-23H2,1-10H3,(H,49,55)/b16-12+,19-13+. The van der Waals surface area contributed by atoms with Crippen molar-refractivity contribution in [1.29, 1.82) is 0 Å². The minimum Gasteiger partial charge on any atom is -0.462 e. The summed E-state index contributed by atoms with van der Waals surface area (Å²) in [6.07, 6.45) is 10.5. The Hall–Kier alpha value is -5.79. The number of methoxy groups -OCH3 is 3. The average molecular weight is 938 g/mol. The first-order valence-electron chi connectivity index (χ1n) is 22.6. The molecule has 0 fully saturated rings. The third-order valence-corrected chi connectivity index (χ3v) is 12.1. The van der Waals surface area contributed by atoms with Gasteiger partial charge in [-0.25, -0.2) is 15.0 Å². The second kappa shape index (κ2) is 26.5. The number of nitrogens with one attached hydrogen (secondary N) is 1. The van der Waals surface area contributed by atoms with Gasteiger partial charge in [0.05, 0.1) is 18.6 Å². The zero-order valence-corrected chi connectivity index (χ0v) is 40.3. The van der Waals surface area contributed by atoms with Crippen molar-refractivity contribution in [3.63, 3.8) is 0 Å². The minimum absolute atomic E-state index is 0.0214. The van der Waals surface area contributed by atoms with E-state index in [4.69, 9.17) is 36.9 Å². The lowest BCUT2D eigenvalue weighted by Gasteiger charge is -2.31. The van der Waals surface area contributed by atoms with E-state index in [-0.39, 0.29) is 72.7 Å². The number of carbonyl (C=O) groups is 6. The maximum absolute atomic E-state index is 13.9. The second-order valence-electron chi connectivity index (χ2n) is 17.3. The first-order valence-corrected chi connectivity index (χ1v) is 22.6. The van der Waals surface area contributed by atoms with Crippen LogP contribution in [0.3, 0.4) is 0 Å². The summed E-state index contributed by atoms with van der Waals surface area (Å²) in [5.41, 5.74) is 0.929. The van der Waals surface area contributed by atoms with E-state index in [1.54, 1.807) is 46.5 Å². The molecule has 0 aliphatic carbocycles. The van der Waals surface area contributed by atoms with Gasteiger partial charge in [-0.05, 0) is 43.6 Å². The molecule has 10 atom stereocenters. The van der Waals surface area contributed by atoms with Crippen molar-refractivity contribution in [2.24, 2.45) is 23.7 Å². The fourth-order valence-corrected chi connectivity index (χ4v) is 8.08. The van der Waals surface area contributed by atoms with Crippen LogP contribution in [-0.2, 0) is 52.5 Å². The number of Topliss-reactive ketones (excluding diaryl/α,β-unsaturated/α-hetero) is 2. The molecule has 6 bridgehead atoms. The number of amides is 2. The van der Waals surface area contributed by atoms with E-state index in [0.717, 1.165) is 0 Å². The molecule has 19 nitrogen and oxygen atoms in total. The number of carbonyl (C=O) groups excluding carboxylic acids is 6. The van der Waals surface area contributed by atoms with Crippen LogP contribution in [0.15, 0.2) is 50.4 Å². The highest BCUT2D eigenvalue weighted by Gasteiger charge is 2.34. The fraction of sp³-hybridized carbons (Fsp3) is 0.604. The number of ketones is 2. The molecule has 1 aliphatic heterocycles. The van der Waals surface area contributed by atoms with Crippen LogP contribution in [0.25, 0.3) is 29.2 Å². The van der Waals surface area contributed by atoms with Gasteiger partial charge in [0.1, 0.15) is 54.4 Å². The van der Waals surface area contributed by atoms with Gasteiger partial charge in [0, 0.05) is 92.0 Å². The van der Waals surface area contributed by atoms with E-state index >= 15 is 0 Å². The number of aromatic nitrogens is 3. The van der Waals surface area contributed by atoms with Crippen LogP contribution in [-0.4, -0.2) is 115 Å². The summed E-state index contributed by atoms with van der Waals surface area (Å²) in [5.74, 6) is -2.96. The molecule has 19 heteroatoms. The van der Waals surface area contributed by atoms with Crippen LogP contribution in [0.1, 0.15) is 117 Å². The number of ether oxygens (including phenoxy) is 5. The largest absolute Gasteiger partial charge is 0.462 e. The number of nitrogens with zero attached hydrogens (tertiary/aromatic N) is 4. The normalized spacial score (nSPS) is 23.4. The molecule has 0 saturated carbocycles. The molecule has 2 amide bonds. The van der Waals surface area contributed by atoms with E-state index in [2.05, 4.69) is 20.3 Å². The van der Waals surface area contributed by atoms with E-state index in [1.807, 2.05) is 26.8 Å². The molecule has 10 unspecified atom stereocenters. The Morgan fingerprint density at radius 1 is 0.940 bits per heavy atom. The number of allylic oxidation sites excluding steroid dienone is 1.